The Hall–Kier alpha value is -1.86. The number of nitrogens with zero attached hydrogens (tertiary/aromatic N) is 1. The zero-order valence-corrected chi connectivity index (χ0v) is 11.8. The Morgan fingerprint density at radius 2 is 2.38 bits per heavy atom. The molecule has 7 heteroatoms. The first-order valence-electron chi connectivity index (χ1n) is 6.86. The van der Waals surface area contributed by atoms with Gasteiger partial charge in [0.1, 0.15) is 11.9 Å². The number of nitrogens with one attached hydrogen (secondary N) is 1. The first-order valence-corrected chi connectivity index (χ1v) is 6.86. The summed E-state index contributed by atoms with van der Waals surface area (Å²) in [6, 6.07) is 4.43. The van der Waals surface area contributed by atoms with E-state index in [1.54, 1.807) is 6.07 Å². The summed E-state index contributed by atoms with van der Waals surface area (Å²) in [6.45, 7) is 3.26. The van der Waals surface area contributed by atoms with E-state index >= 15 is 0 Å². The van der Waals surface area contributed by atoms with Crippen molar-refractivity contribution >= 4 is 17.5 Å². The van der Waals surface area contributed by atoms with Crippen molar-refractivity contribution in [3.05, 3.63) is 24.0 Å². The number of amides is 1. The molecule has 1 aromatic rings. The summed E-state index contributed by atoms with van der Waals surface area (Å²) in [5.74, 6) is -0.484. The second-order valence-electron chi connectivity index (χ2n) is 4.59. The van der Waals surface area contributed by atoms with Gasteiger partial charge >= 0.3 is 6.09 Å². The van der Waals surface area contributed by atoms with Gasteiger partial charge in [-0.1, -0.05) is 0 Å². The van der Waals surface area contributed by atoms with E-state index in [0.29, 0.717) is 25.4 Å². The molecule has 1 aromatic carbocycles. The Balaban J connectivity index is 2.04. The summed E-state index contributed by atoms with van der Waals surface area (Å²) in [5, 5.41) is 11.5. The van der Waals surface area contributed by atoms with Crippen molar-refractivity contribution in [1.29, 1.82) is 0 Å². The van der Waals surface area contributed by atoms with Crippen LogP contribution in [0.3, 0.4) is 0 Å². The number of rotatable bonds is 7. The van der Waals surface area contributed by atoms with Gasteiger partial charge < -0.3 is 19.9 Å². The number of aliphatic hydroxyl groups excluding tert-OH is 1. The Labute approximate surface area is 122 Å². The maximum atomic E-state index is 13.9. The van der Waals surface area contributed by atoms with Gasteiger partial charge in [0.15, 0.2) is 0 Å². The summed E-state index contributed by atoms with van der Waals surface area (Å²) in [5.41, 5.74) is 0.720. The monoisotopic (exact) mass is 298 g/mol. The molecular formula is C14H19FN2O4. The number of benzene rings is 1. The Morgan fingerprint density at radius 1 is 1.57 bits per heavy atom. The molecule has 2 N–H and O–H groups in total. The normalized spacial score (nSPS) is 18.0. The van der Waals surface area contributed by atoms with Crippen LogP contribution in [-0.2, 0) is 9.47 Å². The Morgan fingerprint density at radius 3 is 3.05 bits per heavy atom. The number of ether oxygens (including phenoxy) is 2. The standard InChI is InChI=1S/C14H19FN2O4/c1-2-20-9-11-8-17(14(19)21-11)10-3-4-13(12(15)7-10)16-5-6-18/h3-4,7,11,16,18H,2,5-6,8-9H2,1H3. The first kappa shape index (κ1) is 15.5. The lowest BCUT2D eigenvalue weighted by Crippen LogP contribution is -2.26. The predicted octanol–water partition coefficient (Wildman–Crippen LogP) is 1.59. The van der Waals surface area contributed by atoms with Crippen LogP contribution in [0.15, 0.2) is 18.2 Å². The van der Waals surface area contributed by atoms with Gasteiger partial charge in [-0.25, -0.2) is 9.18 Å². The highest BCUT2D eigenvalue weighted by Crippen LogP contribution is 2.26. The van der Waals surface area contributed by atoms with Crippen LogP contribution in [0.2, 0.25) is 0 Å². The predicted molar refractivity (Wildman–Crippen MR) is 76.1 cm³/mol. The van der Waals surface area contributed by atoms with Crippen molar-refractivity contribution in [2.75, 3.05) is 43.1 Å². The van der Waals surface area contributed by atoms with E-state index in [4.69, 9.17) is 14.6 Å². The number of cyclic esters (lactones) is 1. The van der Waals surface area contributed by atoms with E-state index in [9.17, 15) is 9.18 Å². The fraction of sp³-hybridized carbons (Fsp3) is 0.500. The van der Waals surface area contributed by atoms with Gasteiger partial charge in [0, 0.05) is 13.2 Å². The van der Waals surface area contributed by atoms with E-state index < -0.39 is 11.9 Å². The molecule has 1 heterocycles. The minimum Gasteiger partial charge on any atom is -0.441 e. The van der Waals surface area contributed by atoms with Crippen molar-refractivity contribution in [3.63, 3.8) is 0 Å². The maximum absolute atomic E-state index is 13.9. The van der Waals surface area contributed by atoms with Crippen molar-refractivity contribution < 1.29 is 23.8 Å². The van der Waals surface area contributed by atoms with Gasteiger partial charge in [0.2, 0.25) is 0 Å². The molecule has 1 amide bonds. The fourth-order valence-corrected chi connectivity index (χ4v) is 2.07. The van der Waals surface area contributed by atoms with E-state index in [1.165, 1.54) is 17.0 Å². The quantitative estimate of drug-likeness (QED) is 0.800. The van der Waals surface area contributed by atoms with Crippen LogP contribution in [0.4, 0.5) is 20.6 Å². The smallest absolute Gasteiger partial charge is 0.414 e. The van der Waals surface area contributed by atoms with Gasteiger partial charge in [-0.05, 0) is 25.1 Å². The lowest BCUT2D eigenvalue weighted by atomic mass is 10.2. The molecule has 1 atom stereocenters. The molecule has 1 aliphatic rings. The second-order valence-corrected chi connectivity index (χ2v) is 4.59. The minimum absolute atomic E-state index is 0.0846. The van der Waals surface area contributed by atoms with Gasteiger partial charge in [-0.15, -0.1) is 0 Å². The maximum Gasteiger partial charge on any atom is 0.414 e. The summed E-state index contributed by atoms with van der Waals surface area (Å²) in [6.07, 6.45) is -0.845. The lowest BCUT2D eigenvalue weighted by Gasteiger charge is -2.14. The number of hydrogen-bond donors (Lipinski definition) is 2. The van der Waals surface area contributed by atoms with Gasteiger partial charge in [-0.3, -0.25) is 4.90 Å². The van der Waals surface area contributed by atoms with Crippen LogP contribution in [0.25, 0.3) is 0 Å². The number of hydrogen-bond acceptors (Lipinski definition) is 5. The fourth-order valence-electron chi connectivity index (χ4n) is 2.07. The molecule has 0 radical (unpaired) electrons. The molecule has 0 aromatic heterocycles. The molecule has 0 aliphatic carbocycles. The van der Waals surface area contributed by atoms with Crippen LogP contribution in [-0.4, -0.2) is 50.2 Å². The molecule has 0 bridgehead atoms. The highest BCUT2D eigenvalue weighted by Gasteiger charge is 2.32. The molecule has 116 valence electrons. The number of aliphatic hydroxyl groups is 1. The Kier molecular flexibility index (Phi) is 5.35. The largest absolute Gasteiger partial charge is 0.441 e. The molecule has 1 unspecified atom stereocenters. The lowest BCUT2D eigenvalue weighted by molar-refractivity contribution is 0.0516. The molecule has 6 nitrogen and oxygen atoms in total. The molecule has 0 saturated carbocycles. The molecule has 21 heavy (non-hydrogen) atoms. The second kappa shape index (κ2) is 7.24. The SMILES string of the molecule is CCOCC1CN(c2ccc(NCCO)c(F)c2)C(=O)O1. The summed E-state index contributed by atoms with van der Waals surface area (Å²) in [7, 11) is 0. The van der Waals surface area contributed by atoms with E-state index in [2.05, 4.69) is 5.32 Å². The van der Waals surface area contributed by atoms with Crippen LogP contribution >= 0.6 is 0 Å². The number of halogens is 1. The third-order valence-electron chi connectivity index (χ3n) is 3.07. The average molecular weight is 298 g/mol. The summed E-state index contributed by atoms with van der Waals surface area (Å²) < 4.78 is 24.3. The topological polar surface area (TPSA) is 71.0 Å². The molecule has 0 spiro atoms. The highest BCUT2D eigenvalue weighted by molar-refractivity contribution is 5.90. The number of carbonyl (C=O) groups is 1. The van der Waals surface area contributed by atoms with Crippen LogP contribution < -0.4 is 10.2 Å². The summed E-state index contributed by atoms with van der Waals surface area (Å²) in [4.78, 5) is 13.2. The van der Waals surface area contributed by atoms with Crippen LogP contribution in [0.1, 0.15) is 6.92 Å². The van der Waals surface area contributed by atoms with Gasteiger partial charge in [0.05, 0.1) is 31.1 Å². The third kappa shape index (κ3) is 3.83. The van der Waals surface area contributed by atoms with Crippen molar-refractivity contribution in [1.82, 2.24) is 0 Å². The van der Waals surface area contributed by atoms with E-state index in [1.807, 2.05) is 6.92 Å². The van der Waals surface area contributed by atoms with Crippen LogP contribution in [0.5, 0.6) is 0 Å². The van der Waals surface area contributed by atoms with Crippen LogP contribution in [0, 0.1) is 5.82 Å². The minimum atomic E-state index is -0.504. The van der Waals surface area contributed by atoms with Gasteiger partial charge in [0.25, 0.3) is 0 Å². The molecule has 1 saturated heterocycles. The molecule has 1 aliphatic heterocycles. The zero-order chi connectivity index (χ0) is 15.2. The van der Waals surface area contributed by atoms with E-state index in [0.717, 1.165) is 0 Å². The van der Waals surface area contributed by atoms with Crippen molar-refractivity contribution in [2.45, 2.75) is 13.0 Å². The number of anilines is 2. The van der Waals surface area contributed by atoms with Crippen molar-refractivity contribution in [3.8, 4) is 0 Å². The Bertz CT molecular complexity index is 498. The highest BCUT2D eigenvalue weighted by atomic mass is 19.1. The zero-order valence-electron chi connectivity index (χ0n) is 11.8. The molecule has 2 rings (SSSR count). The van der Waals surface area contributed by atoms with Gasteiger partial charge in [-0.2, -0.15) is 0 Å². The van der Waals surface area contributed by atoms with Crippen molar-refractivity contribution in [2.24, 2.45) is 0 Å². The molecule has 1 fully saturated rings. The average Bonchev–Trinajstić information content (AvgIpc) is 2.85. The number of carbonyl (C=O) groups excluding carboxylic acids is 1. The third-order valence-corrected chi connectivity index (χ3v) is 3.07. The molecular weight excluding hydrogens is 279 g/mol. The summed E-state index contributed by atoms with van der Waals surface area (Å²) >= 11 is 0. The first-order chi connectivity index (χ1) is 10.2. The van der Waals surface area contributed by atoms with E-state index in [-0.39, 0.29) is 24.9 Å².